The van der Waals surface area contributed by atoms with Crippen LogP contribution in [0.15, 0.2) is 13.6 Å². The van der Waals surface area contributed by atoms with Gasteiger partial charge in [-0.2, -0.15) is 0 Å². The summed E-state index contributed by atoms with van der Waals surface area (Å²) in [6, 6.07) is 2.22. The number of thiophene rings is 1. The van der Waals surface area contributed by atoms with Gasteiger partial charge in [0.25, 0.3) is 0 Å². The smallest absolute Gasteiger partial charge is 0.0742 e. The predicted molar refractivity (Wildman–Crippen MR) is 86.6 cm³/mol. The first kappa shape index (κ1) is 16.6. The Morgan fingerprint density at radius 2 is 2.11 bits per heavy atom. The van der Waals surface area contributed by atoms with Crippen molar-refractivity contribution in [2.45, 2.75) is 26.2 Å². The molecule has 5 heteroatoms. The van der Waals surface area contributed by atoms with Crippen molar-refractivity contribution in [3.8, 4) is 0 Å². The summed E-state index contributed by atoms with van der Waals surface area (Å²) in [7, 11) is 1.74. The minimum atomic E-state index is 0.755. The van der Waals surface area contributed by atoms with E-state index in [0.717, 1.165) is 32.0 Å². The number of rotatable bonds is 9. The van der Waals surface area contributed by atoms with E-state index < -0.39 is 0 Å². The fourth-order valence-corrected chi connectivity index (χ4v) is 4.65. The maximum atomic E-state index is 5.00. The zero-order valence-electron chi connectivity index (χ0n) is 11.0. The summed E-state index contributed by atoms with van der Waals surface area (Å²) in [5.41, 5.74) is 1.42. The molecular formula is C13H21Br2NOS. The van der Waals surface area contributed by atoms with E-state index in [1.54, 1.807) is 18.4 Å². The number of methoxy groups -OCH3 is 1. The molecule has 1 rings (SSSR count). The number of ether oxygens (including phenoxy) is 1. The molecule has 0 fully saturated rings. The lowest BCUT2D eigenvalue weighted by Crippen LogP contribution is -2.21. The van der Waals surface area contributed by atoms with Crippen molar-refractivity contribution in [3.05, 3.63) is 19.2 Å². The molecule has 1 atom stereocenters. The molecule has 0 aliphatic rings. The monoisotopic (exact) mass is 397 g/mol. The van der Waals surface area contributed by atoms with Gasteiger partial charge in [-0.15, -0.1) is 11.3 Å². The van der Waals surface area contributed by atoms with E-state index in [9.17, 15) is 0 Å². The molecule has 0 aliphatic carbocycles. The topological polar surface area (TPSA) is 21.3 Å². The van der Waals surface area contributed by atoms with Crippen LogP contribution < -0.4 is 5.32 Å². The van der Waals surface area contributed by atoms with E-state index >= 15 is 0 Å². The van der Waals surface area contributed by atoms with Crippen LogP contribution in [0.4, 0.5) is 0 Å². The molecule has 0 aliphatic heterocycles. The molecule has 104 valence electrons. The van der Waals surface area contributed by atoms with Crippen molar-refractivity contribution in [3.63, 3.8) is 0 Å². The first-order chi connectivity index (χ1) is 8.63. The van der Waals surface area contributed by atoms with E-state index in [2.05, 4.69) is 50.2 Å². The Bertz CT molecular complexity index is 344. The van der Waals surface area contributed by atoms with E-state index in [1.165, 1.54) is 26.0 Å². The van der Waals surface area contributed by atoms with Gasteiger partial charge in [-0.3, -0.25) is 0 Å². The first-order valence-electron chi connectivity index (χ1n) is 6.26. The molecule has 0 saturated carbocycles. The molecule has 1 aromatic heterocycles. The Kier molecular flexibility index (Phi) is 8.76. The lowest BCUT2D eigenvalue weighted by Gasteiger charge is -2.11. The van der Waals surface area contributed by atoms with Gasteiger partial charge in [0.05, 0.1) is 14.2 Å². The summed E-state index contributed by atoms with van der Waals surface area (Å²) in [5, 5.41) is 3.39. The van der Waals surface area contributed by atoms with Gasteiger partial charge in [-0.25, -0.2) is 0 Å². The van der Waals surface area contributed by atoms with Crippen LogP contribution in [0.5, 0.6) is 0 Å². The Morgan fingerprint density at radius 3 is 2.72 bits per heavy atom. The van der Waals surface area contributed by atoms with Gasteiger partial charge in [0.2, 0.25) is 0 Å². The highest BCUT2D eigenvalue weighted by molar-refractivity contribution is 9.12. The molecule has 0 aromatic carbocycles. The van der Waals surface area contributed by atoms with Crippen LogP contribution in [0.25, 0.3) is 0 Å². The lowest BCUT2D eigenvalue weighted by atomic mass is 9.99. The quantitative estimate of drug-likeness (QED) is 0.619. The molecule has 1 N–H and O–H groups in total. The highest BCUT2D eigenvalue weighted by atomic mass is 79.9. The van der Waals surface area contributed by atoms with E-state index in [4.69, 9.17) is 4.74 Å². The Morgan fingerprint density at radius 1 is 1.33 bits per heavy atom. The van der Waals surface area contributed by atoms with Gasteiger partial charge >= 0.3 is 0 Å². The third-order valence-electron chi connectivity index (χ3n) is 2.93. The number of halogens is 2. The lowest BCUT2D eigenvalue weighted by molar-refractivity contribution is 0.199. The zero-order valence-corrected chi connectivity index (χ0v) is 15.0. The number of nitrogens with one attached hydrogen (secondary N) is 1. The summed E-state index contributed by atoms with van der Waals surface area (Å²) in [6.07, 6.45) is 3.63. The van der Waals surface area contributed by atoms with Crippen molar-refractivity contribution in [2.75, 3.05) is 26.8 Å². The zero-order chi connectivity index (χ0) is 13.4. The van der Waals surface area contributed by atoms with Crippen molar-refractivity contribution in [1.82, 2.24) is 5.32 Å². The van der Waals surface area contributed by atoms with E-state index in [0.29, 0.717) is 0 Å². The molecule has 0 saturated heterocycles. The van der Waals surface area contributed by atoms with Crippen LogP contribution >= 0.6 is 43.2 Å². The van der Waals surface area contributed by atoms with Gasteiger partial charge in [0.1, 0.15) is 0 Å². The van der Waals surface area contributed by atoms with Crippen LogP contribution in [0.2, 0.25) is 0 Å². The number of hydrogen-bond acceptors (Lipinski definition) is 3. The van der Waals surface area contributed by atoms with E-state index in [1.807, 2.05) is 0 Å². The summed E-state index contributed by atoms with van der Waals surface area (Å²) in [5.74, 6) is 0.755. The largest absolute Gasteiger partial charge is 0.383 e. The SMILES string of the molecule is COCCNCCC(C)CCc1cc(Br)sc1Br. The summed E-state index contributed by atoms with van der Waals surface area (Å²) in [4.78, 5) is 0. The number of aryl methyl sites for hydroxylation is 1. The van der Waals surface area contributed by atoms with Gasteiger partial charge in [0, 0.05) is 13.7 Å². The second-order valence-electron chi connectivity index (χ2n) is 4.52. The normalized spacial score (nSPS) is 12.9. The fourth-order valence-electron chi connectivity index (χ4n) is 1.74. The predicted octanol–water partition coefficient (Wildman–Crippen LogP) is 4.47. The molecule has 0 radical (unpaired) electrons. The number of hydrogen-bond donors (Lipinski definition) is 1. The average molecular weight is 399 g/mol. The van der Waals surface area contributed by atoms with Crippen molar-refractivity contribution < 1.29 is 4.74 Å². The highest BCUT2D eigenvalue weighted by Gasteiger charge is 2.08. The molecule has 1 heterocycles. The van der Waals surface area contributed by atoms with Gasteiger partial charge in [-0.1, -0.05) is 6.92 Å². The summed E-state index contributed by atoms with van der Waals surface area (Å²) >= 11 is 8.89. The van der Waals surface area contributed by atoms with Crippen LogP contribution in [-0.4, -0.2) is 26.8 Å². The summed E-state index contributed by atoms with van der Waals surface area (Å²) < 4.78 is 7.47. The van der Waals surface area contributed by atoms with Crippen molar-refractivity contribution in [2.24, 2.45) is 5.92 Å². The van der Waals surface area contributed by atoms with Crippen LogP contribution in [-0.2, 0) is 11.2 Å². The fraction of sp³-hybridized carbons (Fsp3) is 0.692. The molecule has 2 nitrogen and oxygen atoms in total. The maximum Gasteiger partial charge on any atom is 0.0742 e. The van der Waals surface area contributed by atoms with Crippen LogP contribution in [0.1, 0.15) is 25.3 Å². The molecular weight excluding hydrogens is 378 g/mol. The average Bonchev–Trinajstić information content (AvgIpc) is 2.65. The Balaban J connectivity index is 2.13. The van der Waals surface area contributed by atoms with Gasteiger partial charge in [-0.05, 0) is 75.2 Å². The molecule has 1 unspecified atom stereocenters. The van der Waals surface area contributed by atoms with Gasteiger partial charge in [0.15, 0.2) is 0 Å². The Hall–Kier alpha value is 0.580. The van der Waals surface area contributed by atoms with E-state index in [-0.39, 0.29) is 0 Å². The molecule has 18 heavy (non-hydrogen) atoms. The maximum absolute atomic E-state index is 5.00. The van der Waals surface area contributed by atoms with Crippen LogP contribution in [0.3, 0.4) is 0 Å². The molecule has 0 bridgehead atoms. The third kappa shape index (κ3) is 6.66. The van der Waals surface area contributed by atoms with Crippen molar-refractivity contribution in [1.29, 1.82) is 0 Å². The van der Waals surface area contributed by atoms with Crippen molar-refractivity contribution >= 4 is 43.2 Å². The standard InChI is InChI=1S/C13H21Br2NOS/c1-10(5-6-16-7-8-17-2)3-4-11-9-12(14)18-13(11)15/h9-10,16H,3-8H2,1-2H3. The molecule has 0 spiro atoms. The second-order valence-corrected chi connectivity index (χ2v) is 8.27. The van der Waals surface area contributed by atoms with Gasteiger partial charge < -0.3 is 10.1 Å². The first-order valence-corrected chi connectivity index (χ1v) is 8.67. The molecule has 0 amide bonds. The Labute approximate surface area is 131 Å². The minimum Gasteiger partial charge on any atom is -0.383 e. The third-order valence-corrected chi connectivity index (χ3v) is 5.39. The second kappa shape index (κ2) is 9.48. The summed E-state index contributed by atoms with van der Waals surface area (Å²) in [6.45, 7) is 5.16. The van der Waals surface area contributed by atoms with Crippen LogP contribution in [0, 0.1) is 5.92 Å². The molecule has 1 aromatic rings. The minimum absolute atomic E-state index is 0.755. The highest BCUT2D eigenvalue weighted by Crippen LogP contribution is 2.33.